The molecule has 0 spiro atoms. The van der Waals surface area contributed by atoms with E-state index in [0.29, 0.717) is 49.9 Å². The number of terminal acetylenes is 1. The van der Waals surface area contributed by atoms with Gasteiger partial charge in [0.2, 0.25) is 11.8 Å². The number of ether oxygens (including phenoxy) is 1. The SMILES string of the molecule is C#CC[C@H](NC(=O)[C@@H]1CCCN(C(=O)CCC2CCN(Cc3oc(=O)oc3C)CC2)C1)C(=O)OCC. The molecule has 0 aromatic carbocycles. The Morgan fingerprint density at radius 3 is 2.58 bits per heavy atom. The Bertz CT molecular complexity index is 1000. The lowest BCUT2D eigenvalue weighted by Gasteiger charge is -2.34. The molecule has 2 fully saturated rings. The number of carbonyl (C=O) groups is 3. The van der Waals surface area contributed by atoms with E-state index in [1.54, 1.807) is 18.7 Å². The number of amides is 2. The van der Waals surface area contributed by atoms with Crippen molar-refractivity contribution in [2.45, 2.75) is 71.4 Å². The van der Waals surface area contributed by atoms with Crippen LogP contribution in [0.15, 0.2) is 13.6 Å². The monoisotopic (exact) mass is 503 g/mol. The highest BCUT2D eigenvalue weighted by Crippen LogP contribution is 2.25. The average Bonchev–Trinajstić information content (AvgIpc) is 3.19. The van der Waals surface area contributed by atoms with E-state index < -0.39 is 17.8 Å². The largest absolute Gasteiger partial charge is 0.519 e. The standard InChI is InChI=1S/C26H37N3O7/c1-4-7-21(25(32)34-5-2)27-24(31)20-8-6-13-29(16-20)23(30)10-9-19-11-14-28(15-12-19)17-22-18(3)35-26(33)36-22/h1,19-21H,5-17H2,2-3H3,(H,27,31)/t20-,21+/m1/s1. The number of hydrogen-bond acceptors (Lipinski definition) is 8. The van der Waals surface area contributed by atoms with Crippen molar-refractivity contribution in [2.24, 2.45) is 11.8 Å². The smallest absolute Gasteiger partial charge is 0.464 e. The van der Waals surface area contributed by atoms with Crippen LogP contribution < -0.4 is 11.1 Å². The summed E-state index contributed by atoms with van der Waals surface area (Å²) in [7, 11) is 0. The van der Waals surface area contributed by atoms with E-state index in [9.17, 15) is 19.2 Å². The highest BCUT2D eigenvalue weighted by molar-refractivity contribution is 5.86. The molecule has 1 N–H and O–H groups in total. The van der Waals surface area contributed by atoms with Gasteiger partial charge in [-0.25, -0.2) is 9.59 Å². The van der Waals surface area contributed by atoms with Gasteiger partial charge in [0.25, 0.3) is 0 Å². The van der Waals surface area contributed by atoms with E-state index in [2.05, 4.69) is 16.1 Å². The van der Waals surface area contributed by atoms with E-state index in [4.69, 9.17) is 20.0 Å². The molecule has 2 amide bonds. The Hall–Kier alpha value is -3.06. The molecule has 0 radical (unpaired) electrons. The van der Waals surface area contributed by atoms with Crippen molar-refractivity contribution in [1.82, 2.24) is 15.1 Å². The zero-order valence-electron chi connectivity index (χ0n) is 21.3. The molecule has 0 unspecified atom stereocenters. The van der Waals surface area contributed by atoms with Crippen molar-refractivity contribution in [3.63, 3.8) is 0 Å². The number of rotatable bonds is 10. The van der Waals surface area contributed by atoms with Gasteiger partial charge >= 0.3 is 11.8 Å². The normalized spacial score (nSPS) is 19.9. The van der Waals surface area contributed by atoms with Crippen LogP contribution in [0.5, 0.6) is 0 Å². The van der Waals surface area contributed by atoms with Crippen LogP contribution in [0.1, 0.15) is 63.4 Å². The van der Waals surface area contributed by atoms with Crippen molar-refractivity contribution in [2.75, 3.05) is 32.8 Å². The zero-order valence-corrected chi connectivity index (χ0v) is 21.3. The minimum atomic E-state index is -0.868. The summed E-state index contributed by atoms with van der Waals surface area (Å²) in [5.74, 6) is 2.18. The number of aryl methyl sites for hydroxylation is 1. The molecule has 10 heteroatoms. The Kier molecular flexibility index (Phi) is 10.2. The third kappa shape index (κ3) is 7.72. The highest BCUT2D eigenvalue weighted by Gasteiger charge is 2.31. The quantitative estimate of drug-likeness (QED) is 0.379. The van der Waals surface area contributed by atoms with Crippen LogP contribution in [0.4, 0.5) is 0 Å². The molecule has 3 heterocycles. The minimum absolute atomic E-state index is 0.0644. The fraction of sp³-hybridized carbons (Fsp3) is 0.692. The maximum Gasteiger partial charge on any atom is 0.519 e. The first kappa shape index (κ1) is 27.5. The van der Waals surface area contributed by atoms with Crippen LogP contribution in [0.2, 0.25) is 0 Å². The molecule has 2 atom stereocenters. The summed E-state index contributed by atoms with van der Waals surface area (Å²) in [5, 5.41) is 2.71. The Labute approximate surface area is 211 Å². The Balaban J connectivity index is 1.41. The van der Waals surface area contributed by atoms with E-state index in [-0.39, 0.29) is 30.8 Å². The van der Waals surface area contributed by atoms with Crippen LogP contribution in [-0.4, -0.2) is 66.4 Å². The Morgan fingerprint density at radius 1 is 1.19 bits per heavy atom. The molecule has 1 aromatic rings. The lowest BCUT2D eigenvalue weighted by molar-refractivity contribution is -0.148. The van der Waals surface area contributed by atoms with Crippen LogP contribution in [-0.2, 0) is 25.7 Å². The maximum absolute atomic E-state index is 12.9. The molecule has 36 heavy (non-hydrogen) atoms. The van der Waals surface area contributed by atoms with E-state index >= 15 is 0 Å². The first-order chi connectivity index (χ1) is 17.3. The van der Waals surface area contributed by atoms with Crippen molar-refractivity contribution < 1.29 is 28.0 Å². The van der Waals surface area contributed by atoms with Crippen molar-refractivity contribution >= 4 is 17.8 Å². The first-order valence-electron chi connectivity index (χ1n) is 12.8. The van der Waals surface area contributed by atoms with Crippen LogP contribution >= 0.6 is 0 Å². The predicted octanol–water partition coefficient (Wildman–Crippen LogP) is 1.84. The number of nitrogens with zero attached hydrogens (tertiary/aromatic N) is 2. The summed E-state index contributed by atoms with van der Waals surface area (Å²) in [6, 6.07) is -0.868. The Morgan fingerprint density at radius 2 is 1.94 bits per heavy atom. The fourth-order valence-corrected chi connectivity index (χ4v) is 4.90. The molecule has 0 aliphatic carbocycles. The molecule has 2 saturated heterocycles. The third-order valence-corrected chi connectivity index (χ3v) is 7.03. The molecular weight excluding hydrogens is 466 g/mol. The van der Waals surface area contributed by atoms with Gasteiger partial charge in [-0.1, -0.05) is 0 Å². The van der Waals surface area contributed by atoms with Gasteiger partial charge in [0.1, 0.15) is 11.8 Å². The number of likely N-dealkylation sites (tertiary alicyclic amines) is 2. The number of nitrogens with one attached hydrogen (secondary N) is 1. The summed E-state index contributed by atoms with van der Waals surface area (Å²) in [6.07, 6.45) is 10.0. The number of piperidine rings is 2. The van der Waals surface area contributed by atoms with E-state index in [1.807, 2.05) is 0 Å². The summed E-state index contributed by atoms with van der Waals surface area (Å²) in [4.78, 5) is 53.0. The van der Waals surface area contributed by atoms with Gasteiger partial charge < -0.3 is 23.8 Å². The molecular formula is C26H37N3O7. The summed E-state index contributed by atoms with van der Waals surface area (Å²) < 4.78 is 15.0. The lowest BCUT2D eigenvalue weighted by atomic mass is 9.91. The van der Waals surface area contributed by atoms with Crippen LogP contribution in [0.3, 0.4) is 0 Å². The van der Waals surface area contributed by atoms with Gasteiger partial charge in [-0.3, -0.25) is 14.5 Å². The van der Waals surface area contributed by atoms with E-state index in [1.165, 1.54) is 0 Å². The lowest BCUT2D eigenvalue weighted by Crippen LogP contribution is -2.49. The second-order valence-electron chi connectivity index (χ2n) is 9.59. The number of esters is 1. The number of carbonyl (C=O) groups excluding carboxylic acids is 3. The molecule has 198 valence electrons. The summed E-state index contributed by atoms with van der Waals surface area (Å²) in [6.45, 7) is 6.93. The van der Waals surface area contributed by atoms with E-state index in [0.717, 1.165) is 38.8 Å². The van der Waals surface area contributed by atoms with Crippen molar-refractivity contribution in [3.8, 4) is 12.3 Å². The molecule has 2 aliphatic heterocycles. The van der Waals surface area contributed by atoms with Gasteiger partial charge in [-0.2, -0.15) is 0 Å². The van der Waals surface area contributed by atoms with Gasteiger partial charge in [0, 0.05) is 25.9 Å². The molecule has 0 saturated carbocycles. The van der Waals surface area contributed by atoms with Gasteiger partial charge in [-0.05, 0) is 65.0 Å². The summed E-state index contributed by atoms with van der Waals surface area (Å²) in [5.41, 5.74) is 0. The van der Waals surface area contributed by atoms with Crippen LogP contribution in [0, 0.1) is 31.1 Å². The fourth-order valence-electron chi connectivity index (χ4n) is 4.90. The second-order valence-corrected chi connectivity index (χ2v) is 9.59. The maximum atomic E-state index is 12.9. The third-order valence-electron chi connectivity index (χ3n) is 7.03. The molecule has 2 aliphatic rings. The summed E-state index contributed by atoms with van der Waals surface area (Å²) >= 11 is 0. The second kappa shape index (κ2) is 13.3. The topological polar surface area (TPSA) is 122 Å². The first-order valence-corrected chi connectivity index (χ1v) is 12.8. The molecule has 0 bridgehead atoms. The zero-order chi connectivity index (χ0) is 26.1. The van der Waals surface area contributed by atoms with Gasteiger partial charge in [0.15, 0.2) is 5.76 Å². The molecule has 10 nitrogen and oxygen atoms in total. The minimum Gasteiger partial charge on any atom is -0.464 e. The molecule has 1 aromatic heterocycles. The van der Waals surface area contributed by atoms with Crippen molar-refractivity contribution in [3.05, 3.63) is 22.1 Å². The van der Waals surface area contributed by atoms with Crippen molar-refractivity contribution in [1.29, 1.82) is 0 Å². The number of hydrogen-bond donors (Lipinski definition) is 1. The van der Waals surface area contributed by atoms with Gasteiger partial charge in [0.05, 0.1) is 19.1 Å². The average molecular weight is 504 g/mol. The predicted molar refractivity (Wildman–Crippen MR) is 131 cm³/mol. The van der Waals surface area contributed by atoms with Crippen LogP contribution in [0.25, 0.3) is 0 Å². The highest BCUT2D eigenvalue weighted by atomic mass is 16.6. The molecule has 3 rings (SSSR count). The van der Waals surface area contributed by atoms with Gasteiger partial charge in [-0.15, -0.1) is 12.3 Å².